The highest BCUT2D eigenvalue weighted by Gasteiger charge is 2.11. The molecule has 0 atom stereocenters. The molecule has 1 rings (SSSR count). The van der Waals surface area contributed by atoms with Gasteiger partial charge in [0.2, 0.25) is 11.2 Å². The standard InChI is InChI=1S/C10H15ClN4O/c1-10(2,3)13-6-8(16)14-7-4-5-12-9(11)15-7/h4-5,13H,6H2,1-3H3,(H,12,14,15,16). The number of nitrogens with one attached hydrogen (secondary N) is 2. The molecule has 0 fully saturated rings. The number of carbonyl (C=O) groups is 1. The molecule has 1 amide bonds. The molecule has 1 aromatic heterocycles. The topological polar surface area (TPSA) is 66.9 Å². The Labute approximate surface area is 99.6 Å². The highest BCUT2D eigenvalue weighted by Crippen LogP contribution is 2.05. The lowest BCUT2D eigenvalue weighted by atomic mass is 10.1. The van der Waals surface area contributed by atoms with Gasteiger partial charge in [-0.1, -0.05) is 0 Å². The van der Waals surface area contributed by atoms with Crippen molar-refractivity contribution in [3.05, 3.63) is 17.5 Å². The fourth-order valence-electron chi connectivity index (χ4n) is 0.937. The largest absolute Gasteiger partial charge is 0.309 e. The Morgan fingerprint density at radius 2 is 2.19 bits per heavy atom. The van der Waals surface area contributed by atoms with E-state index in [1.54, 1.807) is 6.07 Å². The molecule has 0 aromatic carbocycles. The number of aromatic nitrogens is 2. The van der Waals surface area contributed by atoms with E-state index in [2.05, 4.69) is 20.6 Å². The molecule has 0 unspecified atom stereocenters. The van der Waals surface area contributed by atoms with E-state index in [1.165, 1.54) is 6.20 Å². The lowest BCUT2D eigenvalue weighted by Crippen LogP contribution is -2.41. The average Bonchev–Trinajstić information content (AvgIpc) is 2.14. The monoisotopic (exact) mass is 242 g/mol. The molecule has 0 aliphatic rings. The molecule has 0 spiro atoms. The third kappa shape index (κ3) is 5.04. The van der Waals surface area contributed by atoms with E-state index >= 15 is 0 Å². The maximum Gasteiger partial charge on any atom is 0.239 e. The predicted molar refractivity (Wildman–Crippen MR) is 63.4 cm³/mol. The van der Waals surface area contributed by atoms with Gasteiger partial charge in [-0.15, -0.1) is 0 Å². The second-order valence-electron chi connectivity index (χ2n) is 4.36. The first-order valence-electron chi connectivity index (χ1n) is 4.90. The van der Waals surface area contributed by atoms with Gasteiger partial charge in [-0.2, -0.15) is 0 Å². The van der Waals surface area contributed by atoms with E-state index in [0.29, 0.717) is 5.82 Å². The van der Waals surface area contributed by atoms with Crippen LogP contribution in [0.1, 0.15) is 20.8 Å². The number of rotatable bonds is 3. The molecular formula is C10H15ClN4O. The Morgan fingerprint density at radius 3 is 2.75 bits per heavy atom. The molecule has 88 valence electrons. The van der Waals surface area contributed by atoms with Crippen molar-refractivity contribution in [2.45, 2.75) is 26.3 Å². The van der Waals surface area contributed by atoms with Crippen LogP contribution in [0.2, 0.25) is 5.28 Å². The summed E-state index contributed by atoms with van der Waals surface area (Å²) in [6.07, 6.45) is 1.49. The highest BCUT2D eigenvalue weighted by atomic mass is 35.5. The first-order valence-corrected chi connectivity index (χ1v) is 5.28. The maximum absolute atomic E-state index is 11.5. The summed E-state index contributed by atoms with van der Waals surface area (Å²) >= 11 is 5.59. The third-order valence-corrected chi connectivity index (χ3v) is 1.86. The van der Waals surface area contributed by atoms with Crippen molar-refractivity contribution in [2.24, 2.45) is 0 Å². The zero-order valence-electron chi connectivity index (χ0n) is 9.54. The van der Waals surface area contributed by atoms with Gasteiger partial charge in [0, 0.05) is 11.7 Å². The fourth-order valence-corrected chi connectivity index (χ4v) is 1.08. The summed E-state index contributed by atoms with van der Waals surface area (Å²) < 4.78 is 0. The summed E-state index contributed by atoms with van der Waals surface area (Å²) in [7, 11) is 0. The van der Waals surface area contributed by atoms with Crippen LogP contribution < -0.4 is 10.6 Å². The van der Waals surface area contributed by atoms with Gasteiger partial charge in [0.15, 0.2) is 0 Å². The van der Waals surface area contributed by atoms with Crippen molar-refractivity contribution in [3.8, 4) is 0 Å². The molecule has 0 saturated heterocycles. The van der Waals surface area contributed by atoms with Gasteiger partial charge in [-0.05, 0) is 38.4 Å². The van der Waals surface area contributed by atoms with Crippen LogP contribution in [0.25, 0.3) is 0 Å². The fraction of sp³-hybridized carbons (Fsp3) is 0.500. The quantitative estimate of drug-likeness (QED) is 0.788. The van der Waals surface area contributed by atoms with Crippen molar-refractivity contribution in [2.75, 3.05) is 11.9 Å². The number of amides is 1. The van der Waals surface area contributed by atoms with E-state index in [0.717, 1.165) is 0 Å². The number of hydrogen-bond acceptors (Lipinski definition) is 4. The lowest BCUT2D eigenvalue weighted by molar-refractivity contribution is -0.115. The molecule has 1 heterocycles. The van der Waals surface area contributed by atoms with Crippen molar-refractivity contribution < 1.29 is 4.79 Å². The van der Waals surface area contributed by atoms with Gasteiger partial charge in [0.25, 0.3) is 0 Å². The number of halogens is 1. The molecule has 5 nitrogen and oxygen atoms in total. The van der Waals surface area contributed by atoms with Crippen LogP contribution in [0.4, 0.5) is 5.82 Å². The zero-order valence-corrected chi connectivity index (χ0v) is 10.3. The van der Waals surface area contributed by atoms with Crippen molar-refractivity contribution in [1.29, 1.82) is 0 Å². The highest BCUT2D eigenvalue weighted by molar-refractivity contribution is 6.28. The van der Waals surface area contributed by atoms with Gasteiger partial charge < -0.3 is 10.6 Å². The second kappa shape index (κ2) is 5.23. The van der Waals surface area contributed by atoms with Crippen molar-refractivity contribution in [1.82, 2.24) is 15.3 Å². The van der Waals surface area contributed by atoms with Crippen LogP contribution in [0.15, 0.2) is 12.3 Å². The Bertz CT molecular complexity index is 375. The van der Waals surface area contributed by atoms with E-state index < -0.39 is 0 Å². The van der Waals surface area contributed by atoms with E-state index in [4.69, 9.17) is 11.6 Å². The first kappa shape index (κ1) is 12.9. The average molecular weight is 243 g/mol. The smallest absolute Gasteiger partial charge is 0.239 e. The van der Waals surface area contributed by atoms with Crippen LogP contribution in [0.3, 0.4) is 0 Å². The molecule has 2 N–H and O–H groups in total. The number of carbonyl (C=O) groups excluding carboxylic acids is 1. The van der Waals surface area contributed by atoms with Gasteiger partial charge in [0.1, 0.15) is 5.82 Å². The molecule has 6 heteroatoms. The third-order valence-electron chi connectivity index (χ3n) is 1.67. The van der Waals surface area contributed by atoms with Crippen LogP contribution >= 0.6 is 11.6 Å². The normalized spacial score (nSPS) is 11.2. The summed E-state index contributed by atoms with van der Waals surface area (Å²) in [6, 6.07) is 1.58. The molecule has 0 aliphatic heterocycles. The Hall–Kier alpha value is -1.20. The zero-order chi connectivity index (χ0) is 12.2. The minimum atomic E-state index is -0.162. The Morgan fingerprint density at radius 1 is 1.50 bits per heavy atom. The van der Waals surface area contributed by atoms with Gasteiger partial charge in [-0.3, -0.25) is 4.79 Å². The summed E-state index contributed by atoms with van der Waals surface area (Å²) in [5.41, 5.74) is -0.0966. The summed E-state index contributed by atoms with van der Waals surface area (Å²) in [5, 5.41) is 5.80. The maximum atomic E-state index is 11.5. The number of anilines is 1. The first-order chi connectivity index (χ1) is 7.37. The molecule has 16 heavy (non-hydrogen) atoms. The van der Waals surface area contributed by atoms with E-state index in [1.807, 2.05) is 20.8 Å². The molecule has 0 bridgehead atoms. The van der Waals surface area contributed by atoms with Crippen LogP contribution in [-0.4, -0.2) is 28.0 Å². The van der Waals surface area contributed by atoms with Crippen LogP contribution in [-0.2, 0) is 4.79 Å². The SMILES string of the molecule is CC(C)(C)NCC(=O)Nc1ccnc(Cl)n1. The van der Waals surface area contributed by atoms with Gasteiger partial charge in [0.05, 0.1) is 6.54 Å². The summed E-state index contributed by atoms with van der Waals surface area (Å²) in [4.78, 5) is 19.1. The second-order valence-corrected chi connectivity index (χ2v) is 4.70. The minimum absolute atomic E-state index is 0.0966. The molecule has 1 aromatic rings. The number of nitrogens with zero attached hydrogens (tertiary/aromatic N) is 2. The predicted octanol–water partition coefficient (Wildman–Crippen LogP) is 1.46. The molecule has 0 saturated carbocycles. The Balaban J connectivity index is 2.46. The van der Waals surface area contributed by atoms with E-state index in [-0.39, 0.29) is 23.3 Å². The summed E-state index contributed by atoms with van der Waals surface area (Å²) in [5.74, 6) is 0.241. The number of hydrogen-bond donors (Lipinski definition) is 2. The Kier molecular flexibility index (Phi) is 4.20. The van der Waals surface area contributed by atoms with Crippen molar-refractivity contribution in [3.63, 3.8) is 0 Å². The molecular weight excluding hydrogens is 228 g/mol. The van der Waals surface area contributed by atoms with Crippen LogP contribution in [0, 0.1) is 0 Å². The van der Waals surface area contributed by atoms with Gasteiger partial charge >= 0.3 is 0 Å². The van der Waals surface area contributed by atoms with Crippen LogP contribution in [0.5, 0.6) is 0 Å². The van der Waals surface area contributed by atoms with E-state index in [9.17, 15) is 4.79 Å². The van der Waals surface area contributed by atoms with Gasteiger partial charge in [-0.25, -0.2) is 9.97 Å². The molecule has 0 aliphatic carbocycles. The minimum Gasteiger partial charge on any atom is -0.309 e. The summed E-state index contributed by atoms with van der Waals surface area (Å²) in [6.45, 7) is 6.19. The lowest BCUT2D eigenvalue weighted by Gasteiger charge is -2.19. The molecule has 0 radical (unpaired) electrons. The van der Waals surface area contributed by atoms with Crippen molar-refractivity contribution >= 4 is 23.3 Å².